The van der Waals surface area contributed by atoms with Crippen molar-refractivity contribution in [2.45, 2.75) is 32.1 Å². The zero-order chi connectivity index (χ0) is 19.1. The molecule has 0 aliphatic heterocycles. The van der Waals surface area contributed by atoms with Crippen LogP contribution < -0.4 is 9.47 Å². The van der Waals surface area contributed by atoms with E-state index in [0.717, 1.165) is 29.9 Å². The van der Waals surface area contributed by atoms with Crippen molar-refractivity contribution in [3.63, 3.8) is 0 Å². The third-order valence-corrected chi connectivity index (χ3v) is 4.77. The minimum absolute atomic E-state index is 0.000972. The second-order valence-corrected chi connectivity index (χ2v) is 7.00. The Morgan fingerprint density at radius 1 is 1.04 bits per heavy atom. The molecule has 4 heteroatoms. The van der Waals surface area contributed by atoms with Crippen LogP contribution in [0.25, 0.3) is 0 Å². The summed E-state index contributed by atoms with van der Waals surface area (Å²) in [5, 5.41) is 9.04. The lowest BCUT2D eigenvalue weighted by atomic mass is 9.96. The van der Waals surface area contributed by atoms with Crippen LogP contribution in [0.5, 0.6) is 11.5 Å². The van der Waals surface area contributed by atoms with E-state index in [1.54, 1.807) is 6.92 Å². The topological polar surface area (TPSA) is 55.8 Å². The number of para-hydroxylation sites is 1. The van der Waals surface area contributed by atoms with Gasteiger partial charge in [-0.3, -0.25) is 4.79 Å². The van der Waals surface area contributed by atoms with Gasteiger partial charge >= 0.3 is 5.97 Å². The zero-order valence-electron chi connectivity index (χ0n) is 15.5. The Bertz CT molecular complexity index is 811. The van der Waals surface area contributed by atoms with Crippen molar-refractivity contribution in [1.29, 1.82) is 0 Å². The van der Waals surface area contributed by atoms with Gasteiger partial charge in [0, 0.05) is 5.41 Å². The lowest BCUT2D eigenvalue weighted by Gasteiger charge is -2.17. The first kappa shape index (κ1) is 18.8. The molecule has 0 heterocycles. The molecule has 1 saturated carbocycles. The van der Waals surface area contributed by atoms with Crippen molar-refractivity contribution in [2.24, 2.45) is 5.41 Å². The molecule has 0 aromatic heterocycles. The van der Waals surface area contributed by atoms with Gasteiger partial charge in [0.2, 0.25) is 0 Å². The SMILES string of the molecule is CC#CC(CC(=O)O)c1ccc(OCC2(COc3ccccc3)CC2)cc1. The molecule has 3 rings (SSSR count). The Labute approximate surface area is 160 Å². The van der Waals surface area contributed by atoms with Crippen molar-refractivity contribution in [1.82, 2.24) is 0 Å². The molecule has 0 bridgehead atoms. The standard InChI is InChI=1S/C23H24O4/c1-2-6-19(15-22(24)25)18-9-11-21(12-10-18)27-17-23(13-14-23)16-26-20-7-4-3-5-8-20/h3-5,7-12,19H,13-17H2,1H3,(H,24,25). The van der Waals surface area contributed by atoms with E-state index in [9.17, 15) is 4.79 Å². The number of hydrogen-bond acceptors (Lipinski definition) is 3. The Balaban J connectivity index is 1.53. The Morgan fingerprint density at radius 2 is 1.63 bits per heavy atom. The van der Waals surface area contributed by atoms with Crippen molar-refractivity contribution in [3.05, 3.63) is 60.2 Å². The maximum atomic E-state index is 11.0. The number of carbonyl (C=O) groups is 1. The third-order valence-electron chi connectivity index (χ3n) is 4.77. The number of benzene rings is 2. The monoisotopic (exact) mass is 364 g/mol. The predicted octanol–water partition coefficient (Wildman–Crippen LogP) is 4.51. The van der Waals surface area contributed by atoms with E-state index in [0.29, 0.717) is 13.2 Å². The van der Waals surface area contributed by atoms with Gasteiger partial charge in [0.15, 0.2) is 0 Å². The maximum absolute atomic E-state index is 11.0. The summed E-state index contributed by atoms with van der Waals surface area (Å²) >= 11 is 0. The van der Waals surface area contributed by atoms with Crippen molar-refractivity contribution < 1.29 is 19.4 Å². The molecule has 4 nitrogen and oxygen atoms in total. The Kier molecular flexibility index (Phi) is 6.03. The minimum Gasteiger partial charge on any atom is -0.493 e. The van der Waals surface area contributed by atoms with Gasteiger partial charge < -0.3 is 14.6 Å². The summed E-state index contributed by atoms with van der Waals surface area (Å²) in [6, 6.07) is 17.4. The molecule has 1 N–H and O–H groups in total. The second-order valence-electron chi connectivity index (χ2n) is 7.00. The summed E-state index contributed by atoms with van der Waals surface area (Å²) in [5.41, 5.74) is 0.987. The van der Waals surface area contributed by atoms with Gasteiger partial charge in [-0.05, 0) is 49.6 Å². The van der Waals surface area contributed by atoms with Crippen LogP contribution in [0.4, 0.5) is 0 Å². The summed E-state index contributed by atoms with van der Waals surface area (Å²) in [6.45, 7) is 2.99. The minimum atomic E-state index is -0.850. The Hall–Kier alpha value is -2.93. The van der Waals surface area contributed by atoms with Gasteiger partial charge in [0.1, 0.15) is 11.5 Å². The number of ether oxygens (including phenoxy) is 2. The fraction of sp³-hybridized carbons (Fsp3) is 0.348. The molecule has 1 fully saturated rings. The van der Waals surface area contributed by atoms with Crippen LogP contribution >= 0.6 is 0 Å². The predicted molar refractivity (Wildman–Crippen MR) is 104 cm³/mol. The molecular weight excluding hydrogens is 340 g/mol. The summed E-state index contributed by atoms with van der Waals surface area (Å²) < 4.78 is 11.9. The smallest absolute Gasteiger partial charge is 0.304 e. The molecule has 2 aromatic carbocycles. The summed E-state index contributed by atoms with van der Waals surface area (Å²) in [7, 11) is 0. The van der Waals surface area contributed by atoms with Gasteiger partial charge in [0.25, 0.3) is 0 Å². The molecule has 2 aromatic rings. The summed E-state index contributed by atoms with van der Waals surface area (Å²) in [5.74, 6) is 6.29. The molecule has 1 atom stereocenters. The van der Waals surface area contributed by atoms with E-state index in [1.807, 2.05) is 54.6 Å². The van der Waals surface area contributed by atoms with E-state index >= 15 is 0 Å². The summed E-state index contributed by atoms with van der Waals surface area (Å²) in [4.78, 5) is 11.0. The first-order valence-corrected chi connectivity index (χ1v) is 9.15. The van der Waals surface area contributed by atoms with Gasteiger partial charge in [0.05, 0.1) is 25.6 Å². The molecule has 1 aliphatic carbocycles. The highest BCUT2D eigenvalue weighted by Gasteiger charge is 2.44. The van der Waals surface area contributed by atoms with Gasteiger partial charge in [-0.2, -0.15) is 0 Å². The normalized spacial score (nSPS) is 15.1. The van der Waals surface area contributed by atoms with Crippen molar-refractivity contribution in [2.75, 3.05) is 13.2 Å². The highest BCUT2D eigenvalue weighted by atomic mass is 16.5. The van der Waals surface area contributed by atoms with Gasteiger partial charge in [-0.15, -0.1) is 5.92 Å². The molecule has 0 amide bonds. The zero-order valence-corrected chi connectivity index (χ0v) is 15.5. The molecule has 1 aliphatic rings. The fourth-order valence-corrected chi connectivity index (χ4v) is 2.89. The van der Waals surface area contributed by atoms with E-state index in [4.69, 9.17) is 14.6 Å². The largest absolute Gasteiger partial charge is 0.493 e. The average molecular weight is 364 g/mol. The summed E-state index contributed by atoms with van der Waals surface area (Å²) in [6.07, 6.45) is 2.20. The molecule has 0 spiro atoms. The molecule has 0 saturated heterocycles. The van der Waals surface area contributed by atoms with Crippen LogP contribution in [0.3, 0.4) is 0 Å². The second kappa shape index (κ2) is 8.64. The third kappa shape index (κ3) is 5.52. The van der Waals surface area contributed by atoms with Gasteiger partial charge in [-0.25, -0.2) is 0 Å². The molecular formula is C23H24O4. The fourth-order valence-electron chi connectivity index (χ4n) is 2.89. The highest BCUT2D eigenvalue weighted by molar-refractivity contribution is 5.69. The lowest BCUT2D eigenvalue weighted by molar-refractivity contribution is -0.137. The Morgan fingerprint density at radius 3 is 2.15 bits per heavy atom. The van der Waals surface area contributed by atoms with Crippen molar-refractivity contribution >= 4 is 5.97 Å². The van der Waals surface area contributed by atoms with Crippen LogP contribution in [0.15, 0.2) is 54.6 Å². The molecule has 1 unspecified atom stereocenters. The highest BCUT2D eigenvalue weighted by Crippen LogP contribution is 2.46. The van der Waals surface area contributed by atoms with Crippen molar-refractivity contribution in [3.8, 4) is 23.3 Å². The van der Waals surface area contributed by atoms with Crippen LogP contribution in [0.1, 0.15) is 37.7 Å². The number of hydrogen-bond donors (Lipinski definition) is 1. The van der Waals surface area contributed by atoms with E-state index in [1.165, 1.54) is 0 Å². The lowest BCUT2D eigenvalue weighted by Crippen LogP contribution is -2.21. The van der Waals surface area contributed by atoms with Crippen LogP contribution in [-0.2, 0) is 4.79 Å². The number of carboxylic acid groups (broad SMARTS) is 1. The maximum Gasteiger partial charge on any atom is 0.304 e. The first-order chi connectivity index (χ1) is 13.1. The number of carboxylic acids is 1. The van der Waals surface area contributed by atoms with Crippen LogP contribution in [-0.4, -0.2) is 24.3 Å². The number of rotatable bonds is 9. The van der Waals surface area contributed by atoms with Gasteiger partial charge in [-0.1, -0.05) is 36.3 Å². The quantitative estimate of drug-likeness (QED) is 0.665. The molecule has 140 valence electrons. The molecule has 27 heavy (non-hydrogen) atoms. The van der Waals surface area contributed by atoms with Crippen LogP contribution in [0, 0.1) is 17.3 Å². The number of aliphatic carboxylic acids is 1. The van der Waals surface area contributed by atoms with E-state index < -0.39 is 5.97 Å². The van der Waals surface area contributed by atoms with E-state index in [-0.39, 0.29) is 17.8 Å². The van der Waals surface area contributed by atoms with Crippen LogP contribution in [0.2, 0.25) is 0 Å². The molecule has 0 radical (unpaired) electrons. The average Bonchev–Trinajstić information content (AvgIpc) is 3.46. The van der Waals surface area contributed by atoms with E-state index in [2.05, 4.69) is 11.8 Å². The first-order valence-electron chi connectivity index (χ1n) is 9.15.